The lowest BCUT2D eigenvalue weighted by Crippen LogP contribution is -2.35. The van der Waals surface area contributed by atoms with Crippen LogP contribution in [0.1, 0.15) is 36.5 Å². The van der Waals surface area contributed by atoms with E-state index in [-0.39, 0.29) is 17.9 Å². The summed E-state index contributed by atoms with van der Waals surface area (Å²) in [6.07, 6.45) is 3.61. The first-order valence-electron chi connectivity index (χ1n) is 14.2. The largest absolute Gasteiger partial charge is 0.493 e. The molecular formula is C34H31N3O4. The lowest BCUT2D eigenvalue weighted by atomic mass is 9.93. The van der Waals surface area contributed by atoms with Crippen LogP contribution in [0.2, 0.25) is 0 Å². The van der Waals surface area contributed by atoms with Crippen molar-refractivity contribution in [2.45, 2.75) is 32.2 Å². The van der Waals surface area contributed by atoms with Crippen molar-refractivity contribution in [3.63, 3.8) is 0 Å². The summed E-state index contributed by atoms with van der Waals surface area (Å²) in [5.41, 5.74) is 1.92. The van der Waals surface area contributed by atoms with Crippen LogP contribution >= 0.6 is 0 Å². The number of amides is 2. The zero-order valence-corrected chi connectivity index (χ0v) is 23.1. The maximum Gasteiger partial charge on any atom is 0.256 e. The molecule has 2 heterocycles. The van der Waals surface area contributed by atoms with Crippen molar-refractivity contribution in [3.8, 4) is 11.5 Å². The van der Waals surface area contributed by atoms with Gasteiger partial charge in [-0.1, -0.05) is 55.5 Å². The molecular weight excluding hydrogens is 514 g/mol. The summed E-state index contributed by atoms with van der Waals surface area (Å²) in [7, 11) is 1.56. The predicted molar refractivity (Wildman–Crippen MR) is 163 cm³/mol. The minimum Gasteiger partial charge on any atom is -0.493 e. The first-order valence-corrected chi connectivity index (χ1v) is 14.2. The Hall–Kier alpha value is -4.65. The van der Waals surface area contributed by atoms with Crippen molar-refractivity contribution in [2.24, 2.45) is 10.9 Å². The molecule has 2 atom stereocenters. The Kier molecular flexibility index (Phi) is 6.22. The number of rotatable bonds is 7. The van der Waals surface area contributed by atoms with Gasteiger partial charge in [0.2, 0.25) is 5.91 Å². The first kappa shape index (κ1) is 25.3. The minimum atomic E-state index is -0.0671. The smallest absolute Gasteiger partial charge is 0.256 e. The number of nitrogens with zero attached hydrogens (tertiary/aromatic N) is 2. The van der Waals surface area contributed by atoms with Gasteiger partial charge in [0.25, 0.3) is 5.91 Å². The molecule has 206 valence electrons. The molecule has 5 aromatic rings. The minimum absolute atomic E-state index is 0.0205. The molecule has 0 aromatic heterocycles. The van der Waals surface area contributed by atoms with Gasteiger partial charge in [0.15, 0.2) is 11.5 Å². The van der Waals surface area contributed by atoms with Crippen LogP contribution in [0.3, 0.4) is 0 Å². The molecule has 7 nitrogen and oxygen atoms in total. The number of nitrogens with one attached hydrogen (secondary N) is 1. The molecule has 1 unspecified atom stereocenters. The molecule has 41 heavy (non-hydrogen) atoms. The van der Waals surface area contributed by atoms with Gasteiger partial charge >= 0.3 is 0 Å². The highest BCUT2D eigenvalue weighted by Gasteiger charge is 2.35. The Bertz CT molecular complexity index is 1830. The van der Waals surface area contributed by atoms with E-state index in [9.17, 15) is 9.59 Å². The maximum atomic E-state index is 13.2. The summed E-state index contributed by atoms with van der Waals surface area (Å²) in [6.45, 7) is 3.21. The third kappa shape index (κ3) is 4.42. The van der Waals surface area contributed by atoms with Crippen LogP contribution < -0.4 is 14.8 Å². The fraction of sp³-hybridized carbons (Fsp3) is 0.265. The van der Waals surface area contributed by atoms with Gasteiger partial charge in [-0.15, -0.1) is 0 Å². The molecule has 1 fully saturated rings. The van der Waals surface area contributed by atoms with Crippen molar-refractivity contribution in [2.75, 3.05) is 25.6 Å². The third-order valence-electron chi connectivity index (χ3n) is 8.32. The quantitative estimate of drug-likeness (QED) is 0.177. The number of carbonyl (C=O) groups is 2. The van der Waals surface area contributed by atoms with Crippen LogP contribution in [-0.2, 0) is 4.79 Å². The zero-order chi connectivity index (χ0) is 28.1. The van der Waals surface area contributed by atoms with E-state index in [2.05, 4.69) is 65.8 Å². The molecule has 1 N–H and O–H groups in total. The SMILES string of the molecule is COc1cc2c(cc1OCCCC(=O)Nc1ccc3ccc4cccc5ccc1c3c45)N=C[C@@H]1CC(C)CN1C2=O. The van der Waals surface area contributed by atoms with Gasteiger partial charge in [-0.2, -0.15) is 0 Å². The second-order valence-electron chi connectivity index (χ2n) is 11.1. The lowest BCUT2D eigenvalue weighted by molar-refractivity contribution is -0.116. The molecule has 2 amide bonds. The Labute approximate surface area is 238 Å². The Morgan fingerprint density at radius 3 is 2.56 bits per heavy atom. The van der Waals surface area contributed by atoms with Crippen molar-refractivity contribution in [1.29, 1.82) is 0 Å². The van der Waals surface area contributed by atoms with E-state index in [0.29, 0.717) is 48.1 Å². The summed E-state index contributed by atoms with van der Waals surface area (Å²) in [4.78, 5) is 32.7. The van der Waals surface area contributed by atoms with E-state index in [0.717, 1.165) is 29.4 Å². The fourth-order valence-electron chi connectivity index (χ4n) is 6.35. The highest BCUT2D eigenvalue weighted by atomic mass is 16.5. The molecule has 2 aliphatic heterocycles. The third-order valence-corrected chi connectivity index (χ3v) is 8.32. The van der Waals surface area contributed by atoms with Crippen LogP contribution in [0.25, 0.3) is 32.3 Å². The highest BCUT2D eigenvalue weighted by molar-refractivity contribution is 6.25. The van der Waals surface area contributed by atoms with E-state index < -0.39 is 0 Å². The van der Waals surface area contributed by atoms with E-state index in [1.807, 2.05) is 17.2 Å². The van der Waals surface area contributed by atoms with Crippen molar-refractivity contribution < 1.29 is 19.1 Å². The van der Waals surface area contributed by atoms with E-state index in [1.165, 1.54) is 21.5 Å². The molecule has 2 aliphatic rings. The lowest BCUT2D eigenvalue weighted by Gasteiger charge is -2.20. The topological polar surface area (TPSA) is 80.2 Å². The number of hydrogen-bond donors (Lipinski definition) is 1. The van der Waals surface area contributed by atoms with Gasteiger partial charge in [0, 0.05) is 36.3 Å². The number of carbonyl (C=O) groups excluding carboxylic acids is 2. The molecule has 5 aromatic carbocycles. The Balaban J connectivity index is 1.03. The standard InChI is InChI=1S/C34H31N3O4/c1-20-15-24-18-35-28-17-30(29(40-2)16-26(28)34(39)37(24)19-20)41-14-4-7-31(38)36-27-13-11-23-9-8-21-5-3-6-22-10-12-25(27)33(23)32(21)22/h3,5-6,8-13,16-18,20,24H,4,7,14-15,19H2,1-2H3,(H,36,38)/t20?,24-/m0/s1. The van der Waals surface area contributed by atoms with Gasteiger partial charge in [-0.3, -0.25) is 14.6 Å². The van der Waals surface area contributed by atoms with E-state index >= 15 is 0 Å². The number of anilines is 1. The molecule has 1 saturated heterocycles. The molecule has 0 radical (unpaired) electrons. The van der Waals surface area contributed by atoms with Crippen molar-refractivity contribution >= 4 is 61.7 Å². The van der Waals surface area contributed by atoms with E-state index in [1.54, 1.807) is 19.2 Å². The number of ether oxygens (including phenoxy) is 2. The van der Waals surface area contributed by atoms with Crippen molar-refractivity contribution in [1.82, 2.24) is 4.90 Å². The molecule has 0 aliphatic carbocycles. The number of benzene rings is 5. The number of hydrogen-bond acceptors (Lipinski definition) is 5. The molecule has 0 spiro atoms. The molecule has 7 rings (SSSR count). The molecule has 7 heteroatoms. The van der Waals surface area contributed by atoms with Crippen LogP contribution in [0.15, 0.2) is 71.7 Å². The monoisotopic (exact) mass is 545 g/mol. The summed E-state index contributed by atoms with van der Waals surface area (Å²) in [6, 6.07) is 22.3. The highest BCUT2D eigenvalue weighted by Crippen LogP contribution is 2.39. The van der Waals surface area contributed by atoms with Gasteiger partial charge in [0.05, 0.1) is 31.0 Å². The van der Waals surface area contributed by atoms with Crippen LogP contribution in [-0.4, -0.2) is 49.2 Å². The summed E-state index contributed by atoms with van der Waals surface area (Å²) < 4.78 is 11.6. The normalized spacial score (nSPS) is 18.1. The van der Waals surface area contributed by atoms with Crippen LogP contribution in [0.5, 0.6) is 11.5 Å². The van der Waals surface area contributed by atoms with Crippen molar-refractivity contribution in [3.05, 3.63) is 72.3 Å². The predicted octanol–water partition coefficient (Wildman–Crippen LogP) is 6.96. The van der Waals surface area contributed by atoms with Gasteiger partial charge in [0.1, 0.15) is 0 Å². The Morgan fingerprint density at radius 2 is 1.76 bits per heavy atom. The average molecular weight is 546 g/mol. The van der Waals surface area contributed by atoms with Gasteiger partial charge < -0.3 is 19.7 Å². The summed E-state index contributed by atoms with van der Waals surface area (Å²) in [5, 5.41) is 10.1. The Morgan fingerprint density at radius 1 is 1.00 bits per heavy atom. The van der Waals surface area contributed by atoms with E-state index in [4.69, 9.17) is 9.47 Å². The second-order valence-corrected chi connectivity index (χ2v) is 11.1. The number of fused-ring (bicyclic) bond motifs is 2. The maximum absolute atomic E-state index is 13.2. The number of methoxy groups -OCH3 is 1. The van der Waals surface area contributed by atoms with Crippen LogP contribution in [0.4, 0.5) is 11.4 Å². The molecule has 0 bridgehead atoms. The second kappa shape index (κ2) is 10.1. The number of aliphatic imine (C=N–C) groups is 1. The van der Waals surface area contributed by atoms with Gasteiger partial charge in [-0.05, 0) is 57.8 Å². The summed E-state index contributed by atoms with van der Waals surface area (Å²) >= 11 is 0. The zero-order valence-electron chi connectivity index (χ0n) is 23.1. The molecule has 0 saturated carbocycles. The fourth-order valence-corrected chi connectivity index (χ4v) is 6.35. The van der Waals surface area contributed by atoms with Gasteiger partial charge in [-0.25, -0.2) is 0 Å². The van der Waals surface area contributed by atoms with Crippen LogP contribution in [0, 0.1) is 5.92 Å². The first-order chi connectivity index (χ1) is 20.0. The average Bonchev–Trinajstić information content (AvgIpc) is 3.32. The summed E-state index contributed by atoms with van der Waals surface area (Å²) in [5.74, 6) is 1.35.